The molecule has 0 unspecified atom stereocenters. The number of carbonyl (C=O) groups is 1. The van der Waals surface area contributed by atoms with E-state index in [9.17, 15) is 4.79 Å². The Morgan fingerprint density at radius 3 is 2.83 bits per heavy atom. The van der Waals surface area contributed by atoms with Crippen molar-refractivity contribution in [2.24, 2.45) is 7.05 Å². The van der Waals surface area contributed by atoms with Crippen molar-refractivity contribution in [3.63, 3.8) is 0 Å². The molecular formula is C12H18N4O2. The summed E-state index contributed by atoms with van der Waals surface area (Å²) in [5.74, 6) is 0.953. The van der Waals surface area contributed by atoms with Gasteiger partial charge in [-0.05, 0) is 6.42 Å². The molecule has 2 N–H and O–H groups in total. The van der Waals surface area contributed by atoms with Gasteiger partial charge in [0.25, 0.3) is 0 Å². The van der Waals surface area contributed by atoms with Crippen LogP contribution in [0.25, 0.3) is 0 Å². The minimum absolute atomic E-state index is 0.0426. The minimum atomic E-state index is -0.524. The summed E-state index contributed by atoms with van der Waals surface area (Å²) in [7, 11) is 1.90. The van der Waals surface area contributed by atoms with E-state index in [1.807, 2.05) is 18.7 Å². The van der Waals surface area contributed by atoms with Crippen LogP contribution in [0.1, 0.15) is 25.5 Å². The van der Waals surface area contributed by atoms with Crippen LogP contribution in [0, 0.1) is 0 Å². The molecule has 0 radical (unpaired) electrons. The van der Waals surface area contributed by atoms with Crippen LogP contribution in [-0.2, 0) is 23.0 Å². The van der Waals surface area contributed by atoms with Gasteiger partial charge >= 0.3 is 0 Å². The molecule has 2 aliphatic heterocycles. The van der Waals surface area contributed by atoms with E-state index in [4.69, 9.17) is 4.74 Å². The van der Waals surface area contributed by atoms with Gasteiger partial charge in [0.05, 0.1) is 5.69 Å². The van der Waals surface area contributed by atoms with E-state index in [1.54, 1.807) is 0 Å². The van der Waals surface area contributed by atoms with E-state index in [1.165, 1.54) is 0 Å². The smallest absolute Gasteiger partial charge is 0.250 e. The maximum absolute atomic E-state index is 12.3. The lowest BCUT2D eigenvalue weighted by atomic mass is 9.87. The first kappa shape index (κ1) is 11.5. The Morgan fingerprint density at radius 2 is 2.17 bits per heavy atom. The van der Waals surface area contributed by atoms with Crippen molar-refractivity contribution >= 4 is 17.4 Å². The highest BCUT2D eigenvalue weighted by Crippen LogP contribution is 2.37. The quantitative estimate of drug-likeness (QED) is 0.777. The van der Waals surface area contributed by atoms with Crippen molar-refractivity contribution in [3.05, 3.63) is 5.69 Å². The largest absolute Gasteiger partial charge is 0.381 e. The van der Waals surface area contributed by atoms with Gasteiger partial charge in [-0.25, -0.2) is 0 Å². The van der Waals surface area contributed by atoms with Gasteiger partial charge in [-0.3, -0.25) is 9.48 Å². The Bertz CT molecular complexity index is 489. The Kier molecular flexibility index (Phi) is 2.55. The third-order valence-electron chi connectivity index (χ3n) is 3.83. The second kappa shape index (κ2) is 3.98. The molecule has 0 aromatic carbocycles. The average Bonchev–Trinajstić information content (AvgIpc) is 2.68. The molecule has 2 aliphatic rings. The Balaban J connectivity index is 2.00. The molecule has 1 fully saturated rings. The van der Waals surface area contributed by atoms with Crippen LogP contribution in [0.4, 0.5) is 11.5 Å². The molecule has 18 heavy (non-hydrogen) atoms. The van der Waals surface area contributed by atoms with E-state index >= 15 is 0 Å². The fourth-order valence-electron chi connectivity index (χ4n) is 2.69. The zero-order chi connectivity index (χ0) is 12.8. The fraction of sp³-hybridized carbons (Fsp3) is 0.667. The summed E-state index contributed by atoms with van der Waals surface area (Å²) in [6, 6.07) is 0. The zero-order valence-corrected chi connectivity index (χ0v) is 10.7. The lowest BCUT2D eigenvalue weighted by Crippen LogP contribution is -2.55. The molecule has 3 rings (SSSR count). The normalized spacial score (nSPS) is 21.3. The van der Waals surface area contributed by atoms with Crippen molar-refractivity contribution in [1.82, 2.24) is 9.78 Å². The van der Waals surface area contributed by atoms with E-state index in [-0.39, 0.29) is 5.91 Å². The summed E-state index contributed by atoms with van der Waals surface area (Å²) in [4.78, 5) is 12.3. The Hall–Kier alpha value is -1.56. The van der Waals surface area contributed by atoms with Crippen LogP contribution in [-0.4, -0.2) is 34.4 Å². The highest BCUT2D eigenvalue weighted by molar-refractivity contribution is 6.06. The molecular weight excluding hydrogens is 232 g/mol. The first-order valence-corrected chi connectivity index (χ1v) is 6.39. The van der Waals surface area contributed by atoms with Crippen LogP contribution in [0.2, 0.25) is 0 Å². The number of hydrogen-bond donors (Lipinski definition) is 2. The molecule has 6 nitrogen and oxygen atoms in total. The monoisotopic (exact) mass is 250 g/mol. The van der Waals surface area contributed by atoms with E-state index < -0.39 is 5.54 Å². The highest BCUT2D eigenvalue weighted by atomic mass is 16.5. The predicted molar refractivity (Wildman–Crippen MR) is 67.6 cm³/mol. The van der Waals surface area contributed by atoms with Crippen molar-refractivity contribution in [1.29, 1.82) is 0 Å². The maximum atomic E-state index is 12.3. The third kappa shape index (κ3) is 1.52. The number of aromatic nitrogens is 2. The van der Waals surface area contributed by atoms with Crippen LogP contribution < -0.4 is 10.6 Å². The van der Waals surface area contributed by atoms with Crippen LogP contribution in [0.5, 0.6) is 0 Å². The number of rotatable bonds is 1. The molecule has 1 amide bonds. The summed E-state index contributed by atoms with van der Waals surface area (Å²) in [6.07, 6.45) is 2.21. The van der Waals surface area contributed by atoms with Gasteiger partial charge in [0.2, 0.25) is 5.91 Å². The molecule has 1 saturated heterocycles. The summed E-state index contributed by atoms with van der Waals surface area (Å²) >= 11 is 0. The number of carbonyl (C=O) groups excluding carboxylic acids is 1. The van der Waals surface area contributed by atoms with Crippen molar-refractivity contribution in [2.45, 2.75) is 31.7 Å². The standard InChI is InChI=1S/C12H18N4O2/c1-3-8-9-10(16(2)15-8)14-12(11(17)13-9)4-6-18-7-5-12/h14H,3-7H2,1-2H3,(H,13,17). The van der Waals surface area contributed by atoms with Crippen molar-refractivity contribution in [2.75, 3.05) is 23.8 Å². The summed E-state index contributed by atoms with van der Waals surface area (Å²) in [5.41, 5.74) is 1.24. The molecule has 1 aromatic heterocycles. The summed E-state index contributed by atoms with van der Waals surface area (Å²) < 4.78 is 7.16. The number of aryl methyl sites for hydroxylation is 2. The first-order chi connectivity index (χ1) is 8.66. The zero-order valence-electron chi connectivity index (χ0n) is 10.7. The Morgan fingerprint density at radius 1 is 1.44 bits per heavy atom. The van der Waals surface area contributed by atoms with Crippen molar-refractivity contribution < 1.29 is 9.53 Å². The lowest BCUT2D eigenvalue weighted by Gasteiger charge is -2.40. The average molecular weight is 250 g/mol. The maximum Gasteiger partial charge on any atom is 0.250 e. The molecule has 1 spiro atoms. The second-order valence-corrected chi connectivity index (χ2v) is 4.92. The Labute approximate surface area is 106 Å². The van der Waals surface area contributed by atoms with Gasteiger partial charge in [-0.1, -0.05) is 6.92 Å². The highest BCUT2D eigenvalue weighted by Gasteiger charge is 2.45. The van der Waals surface area contributed by atoms with E-state index in [2.05, 4.69) is 15.7 Å². The molecule has 0 atom stereocenters. The predicted octanol–water partition coefficient (Wildman–Crippen LogP) is 0.896. The second-order valence-electron chi connectivity index (χ2n) is 4.92. The SMILES string of the molecule is CCc1nn(C)c2c1NC(=O)C1(CCOCC1)N2. The van der Waals surface area contributed by atoms with E-state index in [0.29, 0.717) is 26.1 Å². The number of anilines is 2. The molecule has 98 valence electrons. The molecule has 6 heteroatoms. The van der Waals surface area contributed by atoms with Gasteiger partial charge in [0, 0.05) is 33.1 Å². The van der Waals surface area contributed by atoms with Gasteiger partial charge < -0.3 is 15.4 Å². The molecule has 0 saturated carbocycles. The van der Waals surface area contributed by atoms with Crippen LogP contribution >= 0.6 is 0 Å². The summed E-state index contributed by atoms with van der Waals surface area (Å²) in [6.45, 7) is 3.27. The number of nitrogens with one attached hydrogen (secondary N) is 2. The van der Waals surface area contributed by atoms with Gasteiger partial charge in [0.1, 0.15) is 17.0 Å². The molecule has 3 heterocycles. The van der Waals surface area contributed by atoms with Crippen molar-refractivity contribution in [3.8, 4) is 0 Å². The fourth-order valence-corrected chi connectivity index (χ4v) is 2.69. The minimum Gasteiger partial charge on any atom is -0.381 e. The molecule has 0 aliphatic carbocycles. The van der Waals surface area contributed by atoms with Gasteiger partial charge in [-0.2, -0.15) is 5.10 Å². The number of hydrogen-bond acceptors (Lipinski definition) is 4. The van der Waals surface area contributed by atoms with E-state index in [0.717, 1.165) is 23.6 Å². The topological polar surface area (TPSA) is 68.2 Å². The lowest BCUT2D eigenvalue weighted by molar-refractivity contribution is -0.123. The molecule has 0 bridgehead atoms. The van der Waals surface area contributed by atoms with Gasteiger partial charge in [-0.15, -0.1) is 0 Å². The number of nitrogens with zero attached hydrogens (tertiary/aromatic N) is 2. The molecule has 1 aromatic rings. The summed E-state index contributed by atoms with van der Waals surface area (Å²) in [5, 5.41) is 10.8. The van der Waals surface area contributed by atoms with Gasteiger partial charge in [0.15, 0.2) is 0 Å². The number of fused-ring (bicyclic) bond motifs is 1. The number of amides is 1. The number of ether oxygens (including phenoxy) is 1. The first-order valence-electron chi connectivity index (χ1n) is 6.39. The van der Waals surface area contributed by atoms with Crippen LogP contribution in [0.3, 0.4) is 0 Å². The van der Waals surface area contributed by atoms with Crippen LogP contribution in [0.15, 0.2) is 0 Å². The third-order valence-corrected chi connectivity index (χ3v) is 3.83.